The zero-order chi connectivity index (χ0) is 18.5. The van der Waals surface area contributed by atoms with E-state index in [2.05, 4.69) is 32.3 Å². The Labute approximate surface area is 181 Å². The molecule has 0 spiro atoms. The van der Waals surface area contributed by atoms with Crippen LogP contribution in [0.25, 0.3) is 5.69 Å². The van der Waals surface area contributed by atoms with E-state index in [1.165, 1.54) is 5.56 Å². The van der Waals surface area contributed by atoms with Gasteiger partial charge in [0.1, 0.15) is 0 Å². The minimum absolute atomic E-state index is 0. The fourth-order valence-electron chi connectivity index (χ4n) is 2.91. The number of aryl methyl sites for hydroxylation is 1. The van der Waals surface area contributed by atoms with Crippen molar-refractivity contribution in [2.45, 2.75) is 13.1 Å². The minimum atomic E-state index is 0. The molecule has 0 aliphatic carbocycles. The van der Waals surface area contributed by atoms with Gasteiger partial charge in [0.15, 0.2) is 5.96 Å². The quantitative estimate of drug-likeness (QED) is 0.332. The average molecular weight is 499 g/mol. The normalized spacial score (nSPS) is 11.2. The Morgan fingerprint density at radius 2 is 2.11 bits per heavy atom. The van der Waals surface area contributed by atoms with Gasteiger partial charge in [-0.15, -0.1) is 24.0 Å². The number of hydrogen-bond acceptors (Lipinski definition) is 2. The summed E-state index contributed by atoms with van der Waals surface area (Å²) in [5.74, 6) is 0.822. The molecule has 144 valence electrons. The fraction of sp³-hybridized carbons (Fsp3) is 0.263. The van der Waals surface area contributed by atoms with Crippen molar-refractivity contribution >= 4 is 41.5 Å². The van der Waals surface area contributed by atoms with Crippen LogP contribution in [0.15, 0.2) is 60.2 Å². The third-order valence-corrected chi connectivity index (χ3v) is 4.46. The van der Waals surface area contributed by atoms with Gasteiger partial charge in [0, 0.05) is 52.0 Å². The van der Waals surface area contributed by atoms with Gasteiger partial charge in [0.2, 0.25) is 0 Å². The highest BCUT2D eigenvalue weighted by Gasteiger charge is 2.11. The number of halogens is 2. The van der Waals surface area contributed by atoms with Gasteiger partial charge in [-0.25, -0.2) is 4.98 Å². The van der Waals surface area contributed by atoms with Crippen LogP contribution in [0.3, 0.4) is 0 Å². The van der Waals surface area contributed by atoms with Gasteiger partial charge in [-0.05, 0) is 17.7 Å². The Balaban J connectivity index is 0.00000261. The summed E-state index contributed by atoms with van der Waals surface area (Å²) in [5, 5.41) is 4.18. The number of aromatic nitrogens is 3. The maximum Gasteiger partial charge on any atom is 0.194 e. The summed E-state index contributed by atoms with van der Waals surface area (Å²) in [5.41, 5.74) is 3.39. The van der Waals surface area contributed by atoms with Crippen molar-refractivity contribution in [1.29, 1.82) is 0 Å². The average Bonchev–Trinajstić information content (AvgIpc) is 3.26. The molecule has 27 heavy (non-hydrogen) atoms. The zero-order valence-corrected chi connectivity index (χ0v) is 18.7. The number of guanidine groups is 1. The standard InChI is InChI=1S/C19H23ClN6.HI/c1-21-19(25(3)13-17-10-16(20)12-24(17)2)23-11-15-6-4-5-7-18(15)26-9-8-22-14-26;/h4-10,12,14H,11,13H2,1-3H3,(H,21,23);1H. The third kappa shape index (κ3) is 5.26. The maximum absolute atomic E-state index is 6.08. The van der Waals surface area contributed by atoms with E-state index in [0.29, 0.717) is 13.1 Å². The van der Waals surface area contributed by atoms with E-state index in [4.69, 9.17) is 11.6 Å². The molecule has 2 aromatic heterocycles. The first-order valence-electron chi connectivity index (χ1n) is 8.37. The van der Waals surface area contributed by atoms with Crippen LogP contribution in [0.2, 0.25) is 5.02 Å². The third-order valence-electron chi connectivity index (χ3n) is 4.26. The van der Waals surface area contributed by atoms with Crippen molar-refractivity contribution in [2.75, 3.05) is 14.1 Å². The molecule has 2 heterocycles. The maximum atomic E-state index is 6.08. The molecule has 3 rings (SSSR count). The molecular formula is C19H24ClIN6. The highest BCUT2D eigenvalue weighted by molar-refractivity contribution is 14.0. The topological polar surface area (TPSA) is 50.4 Å². The number of nitrogens with zero attached hydrogens (tertiary/aromatic N) is 5. The highest BCUT2D eigenvalue weighted by Crippen LogP contribution is 2.15. The molecule has 0 saturated heterocycles. The number of benzene rings is 1. The Morgan fingerprint density at radius 1 is 1.33 bits per heavy atom. The Bertz CT molecular complexity index is 888. The smallest absolute Gasteiger partial charge is 0.194 e. The number of para-hydroxylation sites is 1. The largest absolute Gasteiger partial charge is 0.352 e. The van der Waals surface area contributed by atoms with Crippen LogP contribution in [0.4, 0.5) is 0 Å². The lowest BCUT2D eigenvalue weighted by molar-refractivity contribution is 0.461. The van der Waals surface area contributed by atoms with E-state index in [1.807, 2.05) is 53.8 Å². The van der Waals surface area contributed by atoms with Gasteiger partial charge in [-0.1, -0.05) is 29.8 Å². The van der Waals surface area contributed by atoms with Crippen LogP contribution < -0.4 is 5.32 Å². The van der Waals surface area contributed by atoms with Crippen LogP contribution in [0.1, 0.15) is 11.3 Å². The molecule has 0 atom stereocenters. The second-order valence-corrected chi connectivity index (χ2v) is 6.55. The number of nitrogens with one attached hydrogen (secondary N) is 1. The Morgan fingerprint density at radius 3 is 2.74 bits per heavy atom. The van der Waals surface area contributed by atoms with Crippen LogP contribution in [0, 0.1) is 0 Å². The molecule has 6 nitrogen and oxygen atoms in total. The molecule has 3 aromatic rings. The number of hydrogen-bond donors (Lipinski definition) is 1. The second kappa shape index (κ2) is 9.80. The summed E-state index contributed by atoms with van der Waals surface area (Å²) >= 11 is 6.08. The lowest BCUT2D eigenvalue weighted by atomic mass is 10.1. The molecule has 1 aromatic carbocycles. The Hall–Kier alpha value is -2.00. The summed E-state index contributed by atoms with van der Waals surface area (Å²) in [4.78, 5) is 10.6. The molecule has 0 radical (unpaired) electrons. The Kier molecular flexibility index (Phi) is 7.73. The van der Waals surface area contributed by atoms with Crippen LogP contribution >= 0.6 is 35.6 Å². The van der Waals surface area contributed by atoms with Crippen LogP contribution in [-0.4, -0.2) is 39.1 Å². The van der Waals surface area contributed by atoms with Crippen molar-refractivity contribution in [3.05, 3.63) is 71.5 Å². The summed E-state index contributed by atoms with van der Waals surface area (Å²) in [7, 11) is 5.79. The van der Waals surface area contributed by atoms with E-state index in [1.54, 1.807) is 19.6 Å². The molecule has 0 aliphatic heterocycles. The SMILES string of the molecule is CN=C(NCc1ccccc1-n1ccnc1)N(C)Cc1cc(Cl)cn1C.I. The molecule has 0 bridgehead atoms. The van der Waals surface area contributed by atoms with E-state index in [9.17, 15) is 0 Å². The van der Waals surface area contributed by atoms with Gasteiger partial charge in [-0.3, -0.25) is 4.99 Å². The highest BCUT2D eigenvalue weighted by atomic mass is 127. The molecule has 0 unspecified atom stereocenters. The summed E-state index contributed by atoms with van der Waals surface area (Å²) in [6, 6.07) is 10.2. The number of imidazole rings is 1. The van der Waals surface area contributed by atoms with Gasteiger partial charge in [0.25, 0.3) is 0 Å². The molecule has 0 saturated carbocycles. The van der Waals surface area contributed by atoms with Crippen molar-refractivity contribution in [3.8, 4) is 5.69 Å². The van der Waals surface area contributed by atoms with Gasteiger partial charge in [-0.2, -0.15) is 0 Å². The molecule has 0 aliphatic rings. The monoisotopic (exact) mass is 498 g/mol. The molecular weight excluding hydrogens is 475 g/mol. The summed E-state index contributed by atoms with van der Waals surface area (Å²) in [6.07, 6.45) is 7.43. The minimum Gasteiger partial charge on any atom is -0.352 e. The fourth-order valence-corrected chi connectivity index (χ4v) is 3.19. The van der Waals surface area contributed by atoms with Crippen LogP contribution in [0.5, 0.6) is 0 Å². The summed E-state index contributed by atoms with van der Waals surface area (Å²) < 4.78 is 4.04. The van der Waals surface area contributed by atoms with Crippen molar-refractivity contribution in [3.63, 3.8) is 0 Å². The predicted molar refractivity (Wildman–Crippen MR) is 121 cm³/mol. The summed E-state index contributed by atoms with van der Waals surface area (Å²) in [6.45, 7) is 1.38. The first-order chi connectivity index (χ1) is 12.6. The van der Waals surface area contributed by atoms with Gasteiger partial charge in [0.05, 0.1) is 23.6 Å². The lowest BCUT2D eigenvalue weighted by Crippen LogP contribution is -2.38. The zero-order valence-electron chi connectivity index (χ0n) is 15.6. The molecule has 0 amide bonds. The van der Waals surface area contributed by atoms with E-state index >= 15 is 0 Å². The number of aliphatic imine (C=N–C) groups is 1. The van der Waals surface area contributed by atoms with E-state index in [0.717, 1.165) is 22.4 Å². The first kappa shape index (κ1) is 21.3. The van der Waals surface area contributed by atoms with Crippen molar-refractivity contribution < 1.29 is 0 Å². The van der Waals surface area contributed by atoms with Gasteiger partial charge >= 0.3 is 0 Å². The predicted octanol–water partition coefficient (Wildman–Crippen LogP) is 3.69. The van der Waals surface area contributed by atoms with Crippen molar-refractivity contribution in [1.82, 2.24) is 24.3 Å². The molecule has 0 fully saturated rings. The van der Waals surface area contributed by atoms with Crippen LogP contribution in [-0.2, 0) is 20.1 Å². The number of rotatable bonds is 5. The van der Waals surface area contributed by atoms with E-state index in [-0.39, 0.29) is 24.0 Å². The molecule has 8 heteroatoms. The first-order valence-corrected chi connectivity index (χ1v) is 8.75. The van der Waals surface area contributed by atoms with Crippen molar-refractivity contribution in [2.24, 2.45) is 12.0 Å². The van der Waals surface area contributed by atoms with E-state index < -0.39 is 0 Å². The lowest BCUT2D eigenvalue weighted by Gasteiger charge is -2.23. The molecule has 1 N–H and O–H groups in total. The second-order valence-electron chi connectivity index (χ2n) is 6.12. The van der Waals surface area contributed by atoms with Gasteiger partial charge < -0.3 is 19.4 Å².